The maximum absolute atomic E-state index is 13.7. The van der Waals surface area contributed by atoms with Gasteiger partial charge in [-0.3, -0.25) is 9.59 Å². The van der Waals surface area contributed by atoms with Gasteiger partial charge in [0.15, 0.2) is 11.6 Å². The Bertz CT molecular complexity index is 1500. The molecule has 42 heavy (non-hydrogen) atoms. The Labute approximate surface area is 252 Å². The Balaban J connectivity index is 1.26. The molecule has 2 unspecified atom stereocenters. The summed E-state index contributed by atoms with van der Waals surface area (Å²) in [6.07, 6.45) is 10.4. The van der Waals surface area contributed by atoms with E-state index < -0.39 is 5.97 Å². The zero-order valence-corrected chi connectivity index (χ0v) is 25.1. The molecule has 3 aliphatic carbocycles. The van der Waals surface area contributed by atoms with E-state index in [4.69, 9.17) is 10.5 Å². The van der Waals surface area contributed by atoms with E-state index in [1.807, 2.05) is 30.3 Å². The summed E-state index contributed by atoms with van der Waals surface area (Å²) in [4.78, 5) is 41.7. The van der Waals surface area contributed by atoms with Gasteiger partial charge >= 0.3 is 5.97 Å². The van der Waals surface area contributed by atoms with Crippen LogP contribution in [0.2, 0.25) is 0 Å². The average molecular weight is 582 g/mol. The van der Waals surface area contributed by atoms with Gasteiger partial charge in [-0.25, -0.2) is 4.79 Å². The van der Waals surface area contributed by atoms with Crippen LogP contribution in [0.4, 0.5) is 5.69 Å². The summed E-state index contributed by atoms with van der Waals surface area (Å²) in [6, 6.07) is 18.4. The first-order chi connectivity index (χ1) is 20.4. The minimum Gasteiger partial charge on any atom is -0.459 e. The van der Waals surface area contributed by atoms with Crippen LogP contribution in [0.1, 0.15) is 112 Å². The number of hydrogen-bond acceptors (Lipinski definition) is 6. The van der Waals surface area contributed by atoms with Crippen LogP contribution in [0.25, 0.3) is 0 Å². The smallest absolute Gasteiger partial charge is 0.340 e. The van der Waals surface area contributed by atoms with Crippen LogP contribution in [-0.2, 0) is 10.5 Å². The maximum atomic E-state index is 13.7. The molecular formula is C36H39NO4S. The van der Waals surface area contributed by atoms with Crippen LogP contribution in [0.5, 0.6) is 0 Å². The number of unbranched alkanes of at least 4 members (excludes halogenated alkanes) is 1. The van der Waals surface area contributed by atoms with Crippen molar-refractivity contribution in [2.45, 2.75) is 81.5 Å². The van der Waals surface area contributed by atoms with Crippen molar-refractivity contribution in [1.29, 1.82) is 0 Å². The SMILES string of the molecule is CCCCC1CCC2C[C@H](OC(=O)c3cc(SCc4ccccc4)c4c(c3N)C(=O)c3ccccc3C4=O)CC[C@@H]2C1. The average Bonchev–Trinajstić information content (AvgIpc) is 3.02. The summed E-state index contributed by atoms with van der Waals surface area (Å²) in [5.41, 5.74) is 8.96. The zero-order chi connectivity index (χ0) is 29.2. The lowest BCUT2D eigenvalue weighted by Crippen LogP contribution is -2.35. The molecule has 0 radical (unpaired) electrons. The third-order valence-corrected chi connectivity index (χ3v) is 10.7. The number of rotatable bonds is 8. The predicted octanol–water partition coefficient (Wildman–Crippen LogP) is 8.27. The van der Waals surface area contributed by atoms with Crippen molar-refractivity contribution in [3.05, 3.63) is 94.0 Å². The number of fused-ring (bicyclic) bond motifs is 3. The van der Waals surface area contributed by atoms with Crippen molar-refractivity contribution >= 4 is 35.0 Å². The van der Waals surface area contributed by atoms with Crippen LogP contribution in [-0.4, -0.2) is 23.6 Å². The lowest BCUT2D eigenvalue weighted by atomic mass is 9.66. The highest BCUT2D eigenvalue weighted by atomic mass is 32.2. The minimum atomic E-state index is -0.504. The van der Waals surface area contributed by atoms with E-state index in [0.717, 1.165) is 36.7 Å². The summed E-state index contributed by atoms with van der Waals surface area (Å²) in [5.74, 6) is 1.69. The van der Waals surface area contributed by atoms with E-state index >= 15 is 0 Å². The van der Waals surface area contributed by atoms with Gasteiger partial charge in [0.1, 0.15) is 6.10 Å². The van der Waals surface area contributed by atoms with Gasteiger partial charge < -0.3 is 10.5 Å². The Morgan fingerprint density at radius 2 is 1.55 bits per heavy atom. The van der Waals surface area contributed by atoms with Crippen LogP contribution >= 0.6 is 11.8 Å². The van der Waals surface area contributed by atoms with E-state index in [9.17, 15) is 14.4 Å². The van der Waals surface area contributed by atoms with Crippen molar-refractivity contribution in [3.63, 3.8) is 0 Å². The standard InChI is InChI=1S/C36H39NO4S/c1-2-3-9-22-14-15-25-19-26(17-16-24(25)18-22)41-36(40)29-20-30(42-21-23-10-5-4-6-11-23)31-32(33(29)37)35(39)28-13-8-7-12-27(28)34(31)38/h4-8,10-13,20,22,24-26H,2-3,9,14-19,21,37H2,1H3/t22?,24-,25?,26-/m1/s1. The fourth-order valence-corrected chi connectivity index (χ4v) is 8.38. The van der Waals surface area contributed by atoms with Gasteiger partial charge in [-0.2, -0.15) is 0 Å². The monoisotopic (exact) mass is 581 g/mol. The van der Waals surface area contributed by atoms with Crippen molar-refractivity contribution in [3.8, 4) is 0 Å². The number of carbonyl (C=O) groups is 3. The molecule has 0 spiro atoms. The molecule has 0 bridgehead atoms. The highest BCUT2D eigenvalue weighted by Crippen LogP contribution is 2.45. The second-order valence-corrected chi connectivity index (χ2v) is 13.3. The minimum absolute atomic E-state index is 0.0389. The van der Waals surface area contributed by atoms with Gasteiger partial charge in [-0.15, -0.1) is 11.8 Å². The van der Waals surface area contributed by atoms with Gasteiger partial charge in [0.05, 0.1) is 16.8 Å². The summed E-state index contributed by atoms with van der Waals surface area (Å²) in [6.45, 7) is 2.26. The van der Waals surface area contributed by atoms with E-state index in [1.54, 1.807) is 30.3 Å². The summed E-state index contributed by atoms with van der Waals surface area (Å²) in [7, 11) is 0. The molecule has 5 nitrogen and oxygen atoms in total. The van der Waals surface area contributed by atoms with E-state index in [-0.39, 0.29) is 40.0 Å². The molecule has 0 amide bonds. The molecule has 2 saturated carbocycles. The van der Waals surface area contributed by atoms with Gasteiger partial charge in [0.25, 0.3) is 0 Å². The molecule has 0 aromatic heterocycles. The number of nitrogens with two attached hydrogens (primary N) is 1. The Morgan fingerprint density at radius 1 is 0.881 bits per heavy atom. The number of nitrogen functional groups attached to an aromatic ring is 1. The van der Waals surface area contributed by atoms with Gasteiger partial charge in [-0.05, 0) is 61.5 Å². The molecule has 218 valence electrons. The Morgan fingerprint density at radius 3 is 2.29 bits per heavy atom. The lowest BCUT2D eigenvalue weighted by Gasteiger charge is -2.42. The summed E-state index contributed by atoms with van der Waals surface area (Å²) >= 11 is 1.44. The van der Waals surface area contributed by atoms with E-state index in [2.05, 4.69) is 6.92 Å². The molecular weight excluding hydrogens is 542 g/mol. The third kappa shape index (κ3) is 5.66. The maximum Gasteiger partial charge on any atom is 0.340 e. The number of thioether (sulfide) groups is 1. The predicted molar refractivity (Wildman–Crippen MR) is 167 cm³/mol. The van der Waals surface area contributed by atoms with Crippen molar-refractivity contribution in [2.75, 3.05) is 5.73 Å². The molecule has 0 saturated heterocycles. The van der Waals surface area contributed by atoms with Crippen LogP contribution in [0.15, 0.2) is 65.6 Å². The molecule has 0 heterocycles. The molecule has 4 atom stereocenters. The van der Waals surface area contributed by atoms with E-state index in [0.29, 0.717) is 27.7 Å². The molecule has 2 N–H and O–H groups in total. The Hall–Kier alpha value is -3.38. The topological polar surface area (TPSA) is 86.5 Å². The number of benzene rings is 3. The van der Waals surface area contributed by atoms with Crippen molar-refractivity contribution in [2.24, 2.45) is 17.8 Å². The highest BCUT2D eigenvalue weighted by Gasteiger charge is 2.39. The number of ketones is 2. The van der Waals surface area contributed by atoms with Crippen molar-refractivity contribution in [1.82, 2.24) is 0 Å². The number of anilines is 1. The van der Waals surface area contributed by atoms with Gasteiger partial charge in [0, 0.05) is 27.3 Å². The third-order valence-electron chi connectivity index (χ3n) is 9.57. The number of esters is 1. The molecule has 3 aromatic carbocycles. The first-order valence-electron chi connectivity index (χ1n) is 15.5. The van der Waals surface area contributed by atoms with Gasteiger partial charge in [0.2, 0.25) is 0 Å². The first-order valence-corrected chi connectivity index (χ1v) is 16.5. The number of ether oxygens (including phenoxy) is 1. The fourth-order valence-electron chi connectivity index (χ4n) is 7.32. The number of carbonyl (C=O) groups excluding carboxylic acids is 3. The number of hydrogen-bond donors (Lipinski definition) is 1. The molecule has 6 heteroatoms. The first kappa shape index (κ1) is 28.7. The quantitative estimate of drug-likeness (QED) is 0.128. The van der Waals surface area contributed by atoms with Crippen molar-refractivity contribution < 1.29 is 19.1 Å². The fraction of sp³-hybridized carbons (Fsp3) is 0.417. The second-order valence-electron chi connectivity index (χ2n) is 12.2. The van der Waals surface area contributed by atoms with E-state index in [1.165, 1.54) is 50.3 Å². The highest BCUT2D eigenvalue weighted by molar-refractivity contribution is 7.98. The normalized spacial score (nSPS) is 23.1. The summed E-state index contributed by atoms with van der Waals surface area (Å²) < 4.78 is 6.11. The second kappa shape index (κ2) is 12.5. The molecule has 3 aliphatic rings. The molecule has 2 fully saturated rings. The molecule has 0 aliphatic heterocycles. The van der Waals surface area contributed by atoms with Crippen LogP contribution in [0.3, 0.4) is 0 Å². The molecule has 6 rings (SSSR count). The van der Waals surface area contributed by atoms with Crippen LogP contribution in [0, 0.1) is 17.8 Å². The lowest BCUT2D eigenvalue weighted by molar-refractivity contribution is -0.00620. The zero-order valence-electron chi connectivity index (χ0n) is 24.3. The van der Waals surface area contributed by atoms with Crippen LogP contribution < -0.4 is 5.73 Å². The molecule has 3 aromatic rings. The largest absolute Gasteiger partial charge is 0.459 e. The Kier molecular flexibility index (Phi) is 8.53. The summed E-state index contributed by atoms with van der Waals surface area (Å²) in [5, 5.41) is 0. The van der Waals surface area contributed by atoms with Gasteiger partial charge in [-0.1, -0.05) is 87.2 Å².